The van der Waals surface area contributed by atoms with E-state index in [2.05, 4.69) is 47.2 Å². The monoisotopic (exact) mass is 1310 g/mol. The second-order valence-electron chi connectivity index (χ2n) is 22.7. The highest BCUT2D eigenvalue weighted by Crippen LogP contribution is 2.30. The van der Waals surface area contributed by atoms with Crippen LogP contribution in [0.2, 0.25) is 1.41 Å². The summed E-state index contributed by atoms with van der Waals surface area (Å²) in [5, 5.41) is 42.1. The molecule has 0 aliphatic carbocycles. The lowest BCUT2D eigenvalue weighted by molar-refractivity contribution is -0.393. The lowest BCUT2D eigenvalue weighted by atomic mass is 9.84. The normalized spacial score (nSPS) is 14.7. The highest BCUT2D eigenvalue weighted by atomic mass is 16.6. The van der Waals surface area contributed by atoms with Crippen molar-refractivity contribution in [2.75, 3.05) is 58.2 Å². The van der Waals surface area contributed by atoms with Gasteiger partial charge in [0.15, 0.2) is 24.7 Å². The summed E-state index contributed by atoms with van der Waals surface area (Å²) in [6.45, 7) is 4.86. The summed E-state index contributed by atoms with van der Waals surface area (Å²) >= 11 is 0. The van der Waals surface area contributed by atoms with E-state index in [1.165, 1.54) is 13.2 Å². The van der Waals surface area contributed by atoms with E-state index in [-0.39, 0.29) is 118 Å². The maximum Gasteiger partial charge on any atom is 0.336 e. The summed E-state index contributed by atoms with van der Waals surface area (Å²) < 4.78 is 18.6. The van der Waals surface area contributed by atoms with Gasteiger partial charge in [-0.25, -0.2) is 4.79 Å². The van der Waals surface area contributed by atoms with Gasteiger partial charge in [0.25, 0.3) is 17.3 Å². The SMILES string of the molecule is [2H]N(CCC=O)C(=O)[C@@H](CCCN=C(N)N)NC(=O)CCNC(=O)[C@H](CNc1ccc([N+](=O)[O-])cc1[N+](=O)[O-])NC(=O)[C@H](CC(C)C)NC(=O)CNC(=O)[C@H](CC(C)C)NC(=O)[C@@H]1CCCN1C(=O)[C@](N)(CCCN=C(N)N)C(=O)Cc1cc(=O)oc2cc(OC)ccc12. The number of ketones is 1. The third-order valence-electron chi connectivity index (χ3n) is 14.5. The summed E-state index contributed by atoms with van der Waals surface area (Å²) in [6.07, 6.45) is -0.396. The van der Waals surface area contributed by atoms with Crippen molar-refractivity contribution in [3.05, 3.63) is 78.7 Å². The number of fused-ring (bicyclic) bond motifs is 1. The molecule has 35 heteroatoms. The lowest BCUT2D eigenvalue weighted by Crippen LogP contribution is -2.63. The number of aliphatic imine (C=N–C) groups is 2. The minimum atomic E-state index is -2.29. The molecule has 18 N–H and O–H groups in total. The third-order valence-corrected chi connectivity index (χ3v) is 14.5. The average Bonchev–Trinajstić information content (AvgIpc) is 1.27. The summed E-state index contributed by atoms with van der Waals surface area (Å²) in [7, 11) is 1.42. The number of nitro groups is 2. The van der Waals surface area contributed by atoms with Crippen molar-refractivity contribution in [2.45, 2.75) is 134 Å². The van der Waals surface area contributed by atoms with Crippen molar-refractivity contribution < 1.29 is 68.4 Å². The smallest absolute Gasteiger partial charge is 0.336 e. The number of hydrogen-bond acceptors (Lipinski definition) is 21. The molecular weight excluding hydrogens is 1220 g/mol. The van der Waals surface area contributed by atoms with Crippen molar-refractivity contribution in [3.8, 4) is 5.75 Å². The number of nitrogens with two attached hydrogens (primary N) is 5. The molecule has 0 spiro atoms. The van der Waals surface area contributed by atoms with Gasteiger partial charge < -0.3 is 90.0 Å². The summed E-state index contributed by atoms with van der Waals surface area (Å²) in [6, 6.07) is 1.47. The van der Waals surface area contributed by atoms with Crippen molar-refractivity contribution in [1.82, 2.24) is 42.1 Å². The van der Waals surface area contributed by atoms with E-state index in [0.29, 0.717) is 35.2 Å². The van der Waals surface area contributed by atoms with Gasteiger partial charge >= 0.3 is 5.63 Å². The molecule has 0 bridgehead atoms. The predicted molar refractivity (Wildman–Crippen MR) is 338 cm³/mol. The largest absolute Gasteiger partial charge is 0.497 e. The van der Waals surface area contributed by atoms with E-state index in [1.54, 1.807) is 39.8 Å². The zero-order valence-electron chi connectivity index (χ0n) is 53.4. The second-order valence-corrected chi connectivity index (χ2v) is 22.7. The molecule has 2 aromatic carbocycles. The third kappa shape index (κ3) is 23.8. The summed E-state index contributed by atoms with van der Waals surface area (Å²) in [4.78, 5) is 180. The first kappa shape index (κ1) is 73.4. The number of nitro benzene ring substituents is 2. The number of likely N-dealkylation sites (tertiary alicyclic amines) is 1. The van der Waals surface area contributed by atoms with Crippen LogP contribution in [0.15, 0.2) is 61.7 Å². The molecule has 1 aliphatic rings. The standard InChI is InChI=1S/C58H84N18O17/c1-32(2)24-40(72-54(86)43-11-7-22-74(43)55(87)58(63,17-8-19-67-57(61)62)46(78)26-34-27-49(81)93-45-29-36(92-5)13-14-37(34)45)51(83)69-31-48(80)71-41(25-33(3)4)53(85)73-42(30-68-38-15-12-35(75(88)89)28-44(38)76(90)91)52(84)65-21-16-47(79)70-39(10-6-18-66-56(59)60)50(82)64-20-9-23-77/h12-15,23,27-29,32-33,39-43,68H,6-11,16-22,24-26,30-31,63H2,1-5H3,(H,64,82)(H,65,84)(H,69,83)(H,70,79)(H,71,80)(H,72,86)(H,73,85)(H4,59,60,66)(H4,61,62,67)/t39-,40+,41+,42+,43+,58+/m1/s1/i/hD. The number of aldehydes is 1. The molecule has 2 heterocycles. The fraction of sp³-hybridized carbons (Fsp3) is 0.534. The number of rotatable bonds is 39. The molecule has 4 rings (SSSR count). The molecule has 6 atom stereocenters. The number of hydrogen-bond donors (Lipinski definition) is 13. The Morgan fingerprint density at radius 3 is 2.06 bits per heavy atom. The van der Waals surface area contributed by atoms with Gasteiger partial charge in [-0.1, -0.05) is 27.7 Å². The van der Waals surface area contributed by atoms with E-state index in [0.717, 1.165) is 23.1 Å². The van der Waals surface area contributed by atoms with E-state index < -0.39 is 148 Å². The number of guanidine groups is 2. The first-order valence-corrected chi connectivity index (χ1v) is 29.9. The molecule has 0 saturated carbocycles. The Labute approximate surface area is 535 Å². The molecule has 1 aliphatic heterocycles. The number of ether oxygens (including phenoxy) is 1. The van der Waals surface area contributed by atoms with Crippen LogP contribution in [0.5, 0.6) is 5.75 Å². The van der Waals surface area contributed by atoms with Crippen molar-refractivity contribution >= 4 is 99.3 Å². The molecule has 1 saturated heterocycles. The molecular formula is C58H84N18O17. The average molecular weight is 1310 g/mol. The quantitative estimate of drug-likeness (QED) is 0.00429. The predicted octanol–water partition coefficient (Wildman–Crippen LogP) is -2.00. The summed E-state index contributed by atoms with van der Waals surface area (Å²) in [5.41, 5.74) is 24.2. The number of carbonyl (C=O) groups is 10. The van der Waals surface area contributed by atoms with Crippen LogP contribution in [0.1, 0.15) is 97.5 Å². The number of benzene rings is 2. The molecule has 93 heavy (non-hydrogen) atoms. The molecule has 508 valence electrons. The van der Waals surface area contributed by atoms with E-state index in [9.17, 15) is 73.0 Å². The Bertz CT molecular complexity index is 3380. The Balaban J connectivity index is 1.52. The van der Waals surface area contributed by atoms with Gasteiger partial charge in [-0.05, 0) is 87.0 Å². The van der Waals surface area contributed by atoms with Gasteiger partial charge in [-0.3, -0.25) is 73.4 Å². The van der Waals surface area contributed by atoms with Gasteiger partial charge in [0.1, 0.15) is 53.5 Å². The highest BCUT2D eigenvalue weighted by molar-refractivity contribution is 6.12. The fourth-order valence-corrected chi connectivity index (χ4v) is 9.91. The number of nitrogens with zero attached hydrogens (tertiary/aromatic N) is 5. The number of nitrogens with one attached hydrogen (secondary N) is 8. The van der Waals surface area contributed by atoms with Gasteiger partial charge in [0.05, 0.1) is 29.6 Å². The minimum Gasteiger partial charge on any atom is -0.497 e. The number of carbonyl (C=O) groups excluding carboxylic acids is 10. The first-order valence-electron chi connectivity index (χ1n) is 30.3. The summed E-state index contributed by atoms with van der Waals surface area (Å²) in [5.74, 6) is -8.49. The van der Waals surface area contributed by atoms with Crippen LogP contribution in [-0.2, 0) is 54.4 Å². The molecule has 1 fully saturated rings. The molecule has 8 amide bonds. The maximum atomic E-state index is 14.7. The number of methoxy groups -OCH3 is 1. The molecule has 0 unspecified atom stereocenters. The first-order chi connectivity index (χ1) is 44.4. The Morgan fingerprint density at radius 1 is 0.796 bits per heavy atom. The lowest BCUT2D eigenvalue weighted by Gasteiger charge is -2.34. The zero-order valence-corrected chi connectivity index (χ0v) is 52.4. The topological polar surface area (TPSA) is 551 Å². The van der Waals surface area contributed by atoms with Crippen LogP contribution in [-0.4, -0.2) is 175 Å². The number of amides is 8. The van der Waals surface area contributed by atoms with Crippen LogP contribution >= 0.6 is 0 Å². The van der Waals surface area contributed by atoms with Gasteiger partial charge in [-0.2, -0.15) is 0 Å². The van der Waals surface area contributed by atoms with Crippen LogP contribution in [0.3, 0.4) is 0 Å². The zero-order chi connectivity index (χ0) is 70.0. The number of Topliss-reactive ketones (excluding diaryl/α,β-unsaturated/α-hetero) is 1. The number of non-ortho nitro benzene ring substituents is 1. The van der Waals surface area contributed by atoms with Gasteiger partial charge in [-0.15, -0.1) is 0 Å². The van der Waals surface area contributed by atoms with Crippen LogP contribution in [0, 0.1) is 32.1 Å². The van der Waals surface area contributed by atoms with Gasteiger partial charge in [0.2, 0.25) is 41.4 Å². The van der Waals surface area contributed by atoms with E-state index >= 15 is 0 Å². The maximum absolute atomic E-state index is 14.7. The minimum absolute atomic E-state index is 0.0147. The molecule has 3 aromatic rings. The molecule has 1 aromatic heterocycles. The van der Waals surface area contributed by atoms with Crippen molar-refractivity contribution in [3.63, 3.8) is 0 Å². The highest BCUT2D eigenvalue weighted by Gasteiger charge is 2.48. The van der Waals surface area contributed by atoms with E-state index in [1.807, 2.05) is 0 Å². The van der Waals surface area contributed by atoms with Crippen LogP contribution in [0.25, 0.3) is 11.0 Å². The van der Waals surface area contributed by atoms with Crippen LogP contribution < -0.4 is 81.6 Å². The van der Waals surface area contributed by atoms with Gasteiger partial charge in [0, 0.05) is 82.1 Å². The Morgan fingerprint density at radius 2 is 1.44 bits per heavy atom. The van der Waals surface area contributed by atoms with E-state index in [4.69, 9.17) is 39.2 Å². The number of anilines is 1. The Hall–Kier alpha value is -10.4. The second kappa shape index (κ2) is 36.5. The van der Waals surface area contributed by atoms with Crippen LogP contribution in [0.4, 0.5) is 17.1 Å². The Kier molecular flexibility index (Phi) is 28.8. The van der Waals surface area contributed by atoms with Crippen molar-refractivity contribution in [2.24, 2.45) is 50.5 Å². The molecule has 35 nitrogen and oxygen atoms in total. The van der Waals surface area contributed by atoms with Crippen molar-refractivity contribution in [1.29, 1.82) is 0 Å². The fourth-order valence-electron chi connectivity index (χ4n) is 9.91. The molecule has 0 radical (unpaired) electrons.